The van der Waals surface area contributed by atoms with E-state index < -0.39 is 0 Å². The summed E-state index contributed by atoms with van der Waals surface area (Å²) in [6.45, 7) is 14.2. The second-order valence-electron chi connectivity index (χ2n) is 9.32. The maximum atomic E-state index is 2.43. The first-order chi connectivity index (χ1) is 9.12. The number of hydrogen-bond donors (Lipinski definition) is 0. The first kappa shape index (κ1) is 14.2. The topological polar surface area (TPSA) is 0 Å². The first-order valence-electron chi connectivity index (χ1n) is 8.28. The van der Waals surface area contributed by atoms with E-state index in [1.165, 1.54) is 32.1 Å². The van der Waals surface area contributed by atoms with E-state index >= 15 is 0 Å². The van der Waals surface area contributed by atoms with Crippen molar-refractivity contribution in [2.45, 2.75) is 84.5 Å². The lowest BCUT2D eigenvalue weighted by Gasteiger charge is -2.38. The molecule has 0 saturated heterocycles. The predicted octanol–water partition coefficient (Wildman–Crippen LogP) is 5.55. The van der Waals surface area contributed by atoms with E-state index in [0.29, 0.717) is 5.41 Å². The summed E-state index contributed by atoms with van der Waals surface area (Å²) in [5, 5.41) is 0. The molecule has 1 aromatic rings. The summed E-state index contributed by atoms with van der Waals surface area (Å²) in [4.78, 5) is 0. The quantitative estimate of drug-likeness (QED) is 0.579. The van der Waals surface area contributed by atoms with Gasteiger partial charge >= 0.3 is 0 Å². The van der Waals surface area contributed by atoms with Gasteiger partial charge in [-0.25, -0.2) is 0 Å². The van der Waals surface area contributed by atoms with E-state index in [1.54, 1.807) is 22.3 Å². The number of rotatable bonds is 0. The van der Waals surface area contributed by atoms with Crippen LogP contribution in [0.3, 0.4) is 0 Å². The molecule has 0 unspecified atom stereocenters. The second kappa shape index (κ2) is 4.12. The summed E-state index contributed by atoms with van der Waals surface area (Å²) in [5.41, 5.74) is 7.82. The molecule has 0 aliphatic heterocycles. The van der Waals surface area contributed by atoms with E-state index in [0.717, 1.165) is 0 Å². The van der Waals surface area contributed by atoms with Gasteiger partial charge in [0.1, 0.15) is 0 Å². The lowest BCUT2D eigenvalue weighted by Crippen LogP contribution is -2.30. The van der Waals surface area contributed by atoms with Gasteiger partial charge in [-0.2, -0.15) is 0 Å². The Morgan fingerprint density at radius 1 is 0.750 bits per heavy atom. The van der Waals surface area contributed by atoms with E-state index in [1.807, 2.05) is 0 Å². The van der Waals surface area contributed by atoms with Crippen molar-refractivity contribution >= 4 is 0 Å². The normalized spacial score (nSPS) is 20.9. The van der Waals surface area contributed by atoms with Gasteiger partial charge < -0.3 is 0 Å². The largest absolute Gasteiger partial charge is 0.0579 e. The first-order valence-corrected chi connectivity index (χ1v) is 8.28. The smallest absolute Gasteiger partial charge is 0.0129 e. The molecule has 0 heterocycles. The van der Waals surface area contributed by atoms with E-state index in [2.05, 4.69) is 53.7 Å². The van der Waals surface area contributed by atoms with Crippen molar-refractivity contribution in [1.29, 1.82) is 0 Å². The van der Waals surface area contributed by atoms with Crippen molar-refractivity contribution < 1.29 is 0 Å². The number of hydrogen-bond acceptors (Lipinski definition) is 0. The highest BCUT2D eigenvalue weighted by molar-refractivity contribution is 5.50. The molecule has 110 valence electrons. The average molecular weight is 270 g/mol. The third-order valence-electron chi connectivity index (χ3n) is 5.56. The van der Waals surface area contributed by atoms with E-state index in [4.69, 9.17) is 0 Å². The molecular weight excluding hydrogens is 240 g/mol. The minimum absolute atomic E-state index is 0.274. The monoisotopic (exact) mass is 270 g/mol. The van der Waals surface area contributed by atoms with Gasteiger partial charge in [-0.1, -0.05) is 60.1 Å². The molecule has 0 atom stereocenters. The summed E-state index contributed by atoms with van der Waals surface area (Å²) >= 11 is 0. The average Bonchev–Trinajstić information content (AvgIpc) is 2.64. The highest BCUT2D eigenvalue weighted by atomic mass is 14.5. The van der Waals surface area contributed by atoms with Crippen LogP contribution in [-0.4, -0.2) is 0 Å². The van der Waals surface area contributed by atoms with Crippen LogP contribution < -0.4 is 0 Å². The molecule has 20 heavy (non-hydrogen) atoms. The molecule has 0 amide bonds. The van der Waals surface area contributed by atoms with Crippen molar-refractivity contribution in [2.75, 3.05) is 0 Å². The van der Waals surface area contributed by atoms with Gasteiger partial charge in [0.05, 0.1) is 0 Å². The van der Waals surface area contributed by atoms with Crippen LogP contribution in [0.25, 0.3) is 0 Å². The molecule has 0 radical (unpaired) electrons. The predicted molar refractivity (Wildman–Crippen MR) is 87.5 cm³/mol. The minimum Gasteiger partial charge on any atom is -0.0579 e. The summed E-state index contributed by atoms with van der Waals surface area (Å²) in [7, 11) is 0. The number of benzene rings is 1. The van der Waals surface area contributed by atoms with Gasteiger partial charge in [0.15, 0.2) is 0 Å². The molecule has 0 heteroatoms. The van der Waals surface area contributed by atoms with Gasteiger partial charge in [0, 0.05) is 0 Å². The Labute approximate surface area is 125 Å². The highest BCUT2D eigenvalue weighted by Gasteiger charge is 2.45. The van der Waals surface area contributed by atoms with Crippen LogP contribution in [0.15, 0.2) is 12.1 Å². The maximum Gasteiger partial charge on any atom is -0.0129 e. The van der Waals surface area contributed by atoms with Gasteiger partial charge in [0.25, 0.3) is 0 Å². The zero-order chi connectivity index (χ0) is 14.8. The van der Waals surface area contributed by atoms with Crippen LogP contribution in [0.2, 0.25) is 0 Å². The lowest BCUT2D eigenvalue weighted by atomic mass is 9.66. The molecule has 2 aliphatic carbocycles. The van der Waals surface area contributed by atoms with Gasteiger partial charge in [0.2, 0.25) is 0 Å². The molecule has 0 aromatic heterocycles. The minimum atomic E-state index is 0.274. The standard InChI is InChI=1S/C20H30/c1-18(2,3)16-8-9-17(19(4,5)6)15-13-20(10-7-11-20)12-14(15)16/h8-9H,7,10-13H2,1-6H3. The molecular formula is C20H30. The summed E-state index contributed by atoms with van der Waals surface area (Å²) in [5.74, 6) is 0. The molecule has 0 bridgehead atoms. The second-order valence-corrected chi connectivity index (χ2v) is 9.32. The Morgan fingerprint density at radius 2 is 1.15 bits per heavy atom. The van der Waals surface area contributed by atoms with E-state index in [9.17, 15) is 0 Å². The molecule has 1 aromatic carbocycles. The van der Waals surface area contributed by atoms with Crippen molar-refractivity contribution in [1.82, 2.24) is 0 Å². The van der Waals surface area contributed by atoms with Crippen LogP contribution in [0.1, 0.15) is 83.1 Å². The van der Waals surface area contributed by atoms with Gasteiger partial charge in [-0.15, -0.1) is 0 Å². The molecule has 0 N–H and O–H groups in total. The zero-order valence-corrected chi connectivity index (χ0v) is 14.2. The van der Waals surface area contributed by atoms with Crippen molar-refractivity contribution in [3.63, 3.8) is 0 Å². The molecule has 1 spiro atoms. The highest BCUT2D eigenvalue weighted by Crippen LogP contribution is 2.54. The van der Waals surface area contributed by atoms with Crippen LogP contribution in [0, 0.1) is 5.41 Å². The van der Waals surface area contributed by atoms with Crippen molar-refractivity contribution in [2.24, 2.45) is 5.41 Å². The Kier molecular flexibility index (Phi) is 2.92. The molecule has 1 fully saturated rings. The van der Waals surface area contributed by atoms with Crippen LogP contribution in [-0.2, 0) is 23.7 Å². The molecule has 0 nitrogen and oxygen atoms in total. The molecule has 1 saturated carbocycles. The van der Waals surface area contributed by atoms with E-state index in [-0.39, 0.29) is 10.8 Å². The fraction of sp³-hybridized carbons (Fsp3) is 0.700. The maximum absolute atomic E-state index is 2.43. The van der Waals surface area contributed by atoms with Crippen LogP contribution in [0.4, 0.5) is 0 Å². The van der Waals surface area contributed by atoms with Crippen molar-refractivity contribution in [3.8, 4) is 0 Å². The molecule has 2 aliphatic rings. The Balaban J connectivity index is 2.15. The fourth-order valence-corrected chi connectivity index (χ4v) is 4.34. The fourth-order valence-electron chi connectivity index (χ4n) is 4.34. The summed E-state index contributed by atoms with van der Waals surface area (Å²) in [6, 6.07) is 4.86. The summed E-state index contributed by atoms with van der Waals surface area (Å²) < 4.78 is 0. The Bertz CT molecular complexity index is 485. The Morgan fingerprint density at radius 3 is 1.40 bits per heavy atom. The summed E-state index contributed by atoms with van der Waals surface area (Å²) in [6.07, 6.45) is 7.05. The van der Waals surface area contributed by atoms with Gasteiger partial charge in [-0.05, 0) is 64.2 Å². The lowest BCUT2D eigenvalue weighted by molar-refractivity contribution is 0.148. The Hall–Kier alpha value is -0.780. The van der Waals surface area contributed by atoms with Crippen molar-refractivity contribution in [3.05, 3.63) is 34.4 Å². The number of fused-ring (bicyclic) bond motifs is 1. The van der Waals surface area contributed by atoms with Crippen LogP contribution in [0.5, 0.6) is 0 Å². The third-order valence-corrected chi connectivity index (χ3v) is 5.56. The molecule has 3 rings (SSSR count). The van der Waals surface area contributed by atoms with Gasteiger partial charge in [-0.3, -0.25) is 0 Å². The SMILES string of the molecule is CC(C)(C)c1ccc(C(C)(C)C)c2c1CC1(CCC1)C2. The zero-order valence-electron chi connectivity index (χ0n) is 14.2. The van der Waals surface area contributed by atoms with Crippen LogP contribution >= 0.6 is 0 Å². The third kappa shape index (κ3) is 2.12.